The largest absolute Gasteiger partial charge is 0.356 e. The SMILES string of the molecule is CCNC(=O)CI. The minimum absolute atomic E-state index is 0.114. The smallest absolute Gasteiger partial charge is 0.229 e. The summed E-state index contributed by atoms with van der Waals surface area (Å²) in [4.78, 5) is 10.3. The summed E-state index contributed by atoms with van der Waals surface area (Å²) in [5.74, 6) is 0.114. The summed E-state index contributed by atoms with van der Waals surface area (Å²) in [6.07, 6.45) is 0. The first-order valence-electron chi connectivity index (χ1n) is 2.14. The molecular formula is C4H8INO. The zero-order valence-electron chi connectivity index (χ0n) is 4.20. The van der Waals surface area contributed by atoms with Crippen LogP contribution in [-0.4, -0.2) is 16.9 Å². The third kappa shape index (κ3) is 4.04. The van der Waals surface area contributed by atoms with Crippen molar-refractivity contribution in [2.75, 3.05) is 11.0 Å². The van der Waals surface area contributed by atoms with E-state index in [9.17, 15) is 4.79 Å². The number of nitrogens with one attached hydrogen (secondary N) is 1. The van der Waals surface area contributed by atoms with Crippen LogP contribution in [0.15, 0.2) is 0 Å². The molecule has 0 unspecified atom stereocenters. The molecule has 0 radical (unpaired) electrons. The molecule has 0 aliphatic carbocycles. The summed E-state index contributed by atoms with van der Waals surface area (Å²) in [5, 5.41) is 2.65. The Bertz CT molecular complexity index is 64.7. The number of amides is 1. The summed E-state index contributed by atoms with van der Waals surface area (Å²) in [7, 11) is 0. The molecule has 1 N–H and O–H groups in total. The van der Waals surface area contributed by atoms with Crippen LogP contribution in [0, 0.1) is 0 Å². The van der Waals surface area contributed by atoms with Gasteiger partial charge in [0.25, 0.3) is 0 Å². The first kappa shape index (κ1) is 7.20. The molecule has 0 aliphatic rings. The van der Waals surface area contributed by atoms with Gasteiger partial charge >= 0.3 is 0 Å². The molecule has 0 aromatic heterocycles. The number of hydrogen-bond donors (Lipinski definition) is 1. The number of rotatable bonds is 2. The lowest BCUT2D eigenvalue weighted by molar-refractivity contribution is -0.118. The fraction of sp³-hybridized carbons (Fsp3) is 0.750. The number of carbonyl (C=O) groups is 1. The predicted octanol–water partition coefficient (Wildman–Crippen LogP) is 0.558. The Morgan fingerprint density at radius 1 is 1.86 bits per heavy atom. The maximum atomic E-state index is 10.3. The summed E-state index contributed by atoms with van der Waals surface area (Å²) < 4.78 is 0.561. The molecule has 0 saturated carbocycles. The van der Waals surface area contributed by atoms with Gasteiger partial charge < -0.3 is 5.32 Å². The molecule has 0 spiro atoms. The molecule has 0 rings (SSSR count). The van der Waals surface area contributed by atoms with E-state index in [1.165, 1.54) is 0 Å². The maximum Gasteiger partial charge on any atom is 0.229 e. The lowest BCUT2D eigenvalue weighted by atomic mass is 10.6. The molecule has 0 atom stereocenters. The summed E-state index contributed by atoms with van der Waals surface area (Å²) in [5.41, 5.74) is 0. The quantitative estimate of drug-likeness (QED) is 0.526. The molecule has 0 saturated heterocycles. The molecule has 3 heteroatoms. The van der Waals surface area contributed by atoms with E-state index in [4.69, 9.17) is 0 Å². The van der Waals surface area contributed by atoms with Gasteiger partial charge in [-0.05, 0) is 6.92 Å². The fourth-order valence-corrected chi connectivity index (χ4v) is 0.514. The van der Waals surface area contributed by atoms with Crippen molar-refractivity contribution >= 4 is 28.5 Å². The van der Waals surface area contributed by atoms with Gasteiger partial charge in [-0.2, -0.15) is 0 Å². The zero-order valence-corrected chi connectivity index (χ0v) is 6.36. The van der Waals surface area contributed by atoms with Crippen molar-refractivity contribution in [3.8, 4) is 0 Å². The molecule has 0 bridgehead atoms. The standard InChI is InChI=1S/C4H8INO/c1-2-6-4(7)3-5/h2-3H2,1H3,(H,6,7). The van der Waals surface area contributed by atoms with E-state index >= 15 is 0 Å². The highest BCUT2D eigenvalue weighted by molar-refractivity contribution is 14.1. The van der Waals surface area contributed by atoms with Crippen molar-refractivity contribution < 1.29 is 4.79 Å². The minimum Gasteiger partial charge on any atom is -0.356 e. The van der Waals surface area contributed by atoms with Gasteiger partial charge in [0.15, 0.2) is 0 Å². The van der Waals surface area contributed by atoms with Crippen LogP contribution in [0.2, 0.25) is 0 Å². The molecular weight excluding hydrogens is 205 g/mol. The van der Waals surface area contributed by atoms with Crippen molar-refractivity contribution in [3.05, 3.63) is 0 Å². The molecule has 0 aromatic rings. The highest BCUT2D eigenvalue weighted by atomic mass is 127. The summed E-state index contributed by atoms with van der Waals surface area (Å²) in [6, 6.07) is 0. The summed E-state index contributed by atoms with van der Waals surface area (Å²) >= 11 is 2.02. The normalized spacial score (nSPS) is 8.29. The second-order valence-electron chi connectivity index (χ2n) is 1.09. The Labute approximate surface area is 56.8 Å². The Kier molecular flexibility index (Phi) is 4.49. The van der Waals surface area contributed by atoms with E-state index in [1.54, 1.807) is 0 Å². The number of alkyl halides is 1. The third-order valence-corrected chi connectivity index (χ3v) is 1.19. The first-order valence-corrected chi connectivity index (χ1v) is 3.66. The number of hydrogen-bond acceptors (Lipinski definition) is 1. The van der Waals surface area contributed by atoms with Crippen LogP contribution < -0.4 is 5.32 Å². The van der Waals surface area contributed by atoms with Gasteiger partial charge in [0.05, 0.1) is 4.43 Å². The molecule has 1 amide bonds. The Balaban J connectivity index is 3.00. The second-order valence-corrected chi connectivity index (χ2v) is 1.85. The van der Waals surface area contributed by atoms with E-state index in [2.05, 4.69) is 5.32 Å². The van der Waals surface area contributed by atoms with Gasteiger partial charge in [-0.15, -0.1) is 0 Å². The van der Waals surface area contributed by atoms with Gasteiger partial charge in [0, 0.05) is 6.54 Å². The van der Waals surface area contributed by atoms with E-state index in [1.807, 2.05) is 29.5 Å². The molecule has 7 heavy (non-hydrogen) atoms. The van der Waals surface area contributed by atoms with Gasteiger partial charge in [-0.25, -0.2) is 0 Å². The highest BCUT2D eigenvalue weighted by Gasteiger charge is 1.89. The van der Waals surface area contributed by atoms with Crippen molar-refractivity contribution in [1.82, 2.24) is 5.32 Å². The Morgan fingerprint density at radius 2 is 2.43 bits per heavy atom. The highest BCUT2D eigenvalue weighted by Crippen LogP contribution is 1.77. The average molecular weight is 213 g/mol. The number of halogens is 1. The molecule has 0 fully saturated rings. The maximum absolute atomic E-state index is 10.3. The van der Waals surface area contributed by atoms with Crippen LogP contribution in [0.5, 0.6) is 0 Å². The zero-order chi connectivity index (χ0) is 5.70. The number of carbonyl (C=O) groups excluding carboxylic acids is 1. The van der Waals surface area contributed by atoms with Crippen LogP contribution >= 0.6 is 22.6 Å². The monoisotopic (exact) mass is 213 g/mol. The van der Waals surface area contributed by atoms with Crippen molar-refractivity contribution in [2.24, 2.45) is 0 Å². The molecule has 0 heterocycles. The summed E-state index contributed by atoms with van der Waals surface area (Å²) in [6.45, 7) is 2.64. The van der Waals surface area contributed by atoms with Gasteiger partial charge in [-0.1, -0.05) is 22.6 Å². The Morgan fingerprint density at radius 3 is 2.57 bits per heavy atom. The average Bonchev–Trinajstić information content (AvgIpc) is 1.68. The predicted molar refractivity (Wildman–Crippen MR) is 37.6 cm³/mol. The van der Waals surface area contributed by atoms with E-state index in [0.717, 1.165) is 6.54 Å². The van der Waals surface area contributed by atoms with Crippen LogP contribution in [0.4, 0.5) is 0 Å². The van der Waals surface area contributed by atoms with Crippen LogP contribution in [0.1, 0.15) is 6.92 Å². The van der Waals surface area contributed by atoms with Crippen molar-refractivity contribution in [2.45, 2.75) is 6.92 Å². The molecule has 42 valence electrons. The molecule has 0 aromatic carbocycles. The van der Waals surface area contributed by atoms with Crippen LogP contribution in [0.3, 0.4) is 0 Å². The van der Waals surface area contributed by atoms with E-state index < -0.39 is 0 Å². The second kappa shape index (κ2) is 4.36. The van der Waals surface area contributed by atoms with Crippen LogP contribution in [-0.2, 0) is 4.79 Å². The third-order valence-electron chi connectivity index (χ3n) is 0.495. The topological polar surface area (TPSA) is 29.1 Å². The van der Waals surface area contributed by atoms with Crippen LogP contribution in [0.25, 0.3) is 0 Å². The first-order chi connectivity index (χ1) is 3.31. The minimum atomic E-state index is 0.114. The lowest BCUT2D eigenvalue weighted by Gasteiger charge is -1.92. The fourth-order valence-electron chi connectivity index (χ4n) is 0.244. The van der Waals surface area contributed by atoms with Crippen molar-refractivity contribution in [3.63, 3.8) is 0 Å². The lowest BCUT2D eigenvalue weighted by Crippen LogP contribution is -2.23. The Hall–Kier alpha value is 0.200. The van der Waals surface area contributed by atoms with Crippen molar-refractivity contribution in [1.29, 1.82) is 0 Å². The van der Waals surface area contributed by atoms with Gasteiger partial charge in [0.1, 0.15) is 0 Å². The van der Waals surface area contributed by atoms with E-state index in [0.29, 0.717) is 4.43 Å². The van der Waals surface area contributed by atoms with Gasteiger partial charge in [0.2, 0.25) is 5.91 Å². The molecule has 2 nitrogen and oxygen atoms in total. The van der Waals surface area contributed by atoms with Gasteiger partial charge in [-0.3, -0.25) is 4.79 Å². The molecule has 0 aliphatic heterocycles. The van der Waals surface area contributed by atoms with E-state index in [-0.39, 0.29) is 5.91 Å².